The third-order valence-corrected chi connectivity index (χ3v) is 4.92. The smallest absolute Gasteiger partial charge is 0.346 e. The number of carbonyl (C=O) groups is 2. The lowest BCUT2D eigenvalue weighted by Gasteiger charge is -2.17. The molecule has 0 atom stereocenters. The molecule has 1 aliphatic rings. The molecule has 114 valence electrons. The lowest BCUT2D eigenvalue weighted by atomic mass is 10.2. The standard InChI is InChI=1S/C16H16N2O3S/c1-11-9-13(22-14(11)15(19)20)18-8-7-17(16(18)21)10-12-5-3-2-4-6-12/h2-6,9H,7-8,10H2,1H3,(H,19,20). The second kappa shape index (κ2) is 5.81. The van der Waals surface area contributed by atoms with E-state index in [1.165, 1.54) is 0 Å². The van der Waals surface area contributed by atoms with Crippen molar-refractivity contribution in [3.63, 3.8) is 0 Å². The number of carboxylic acid groups (broad SMARTS) is 1. The molecule has 0 radical (unpaired) electrons. The molecule has 2 aromatic rings. The van der Waals surface area contributed by atoms with Gasteiger partial charge in [-0.05, 0) is 24.1 Å². The van der Waals surface area contributed by atoms with E-state index < -0.39 is 5.97 Å². The zero-order valence-corrected chi connectivity index (χ0v) is 13.0. The maximum Gasteiger partial charge on any atom is 0.346 e. The van der Waals surface area contributed by atoms with Gasteiger partial charge in [-0.1, -0.05) is 30.3 Å². The largest absolute Gasteiger partial charge is 0.477 e. The quantitative estimate of drug-likeness (QED) is 0.942. The first-order valence-electron chi connectivity index (χ1n) is 7.00. The van der Waals surface area contributed by atoms with Crippen molar-refractivity contribution in [2.75, 3.05) is 18.0 Å². The number of rotatable bonds is 4. The van der Waals surface area contributed by atoms with E-state index in [0.29, 0.717) is 35.1 Å². The molecule has 5 nitrogen and oxygen atoms in total. The van der Waals surface area contributed by atoms with Crippen LogP contribution in [0.25, 0.3) is 0 Å². The van der Waals surface area contributed by atoms with Crippen LogP contribution in [0.5, 0.6) is 0 Å². The molecule has 0 spiro atoms. The molecule has 0 aliphatic carbocycles. The van der Waals surface area contributed by atoms with Gasteiger partial charge in [0.2, 0.25) is 0 Å². The predicted octanol–water partition coefficient (Wildman–Crippen LogP) is 3.20. The Kier molecular flexibility index (Phi) is 3.85. The van der Waals surface area contributed by atoms with Crippen LogP contribution in [-0.2, 0) is 6.54 Å². The average molecular weight is 316 g/mol. The number of amides is 2. The number of aromatic carboxylic acids is 1. The van der Waals surface area contributed by atoms with Gasteiger partial charge >= 0.3 is 12.0 Å². The third-order valence-electron chi connectivity index (χ3n) is 3.68. The zero-order valence-electron chi connectivity index (χ0n) is 12.2. The number of hydrogen-bond acceptors (Lipinski definition) is 3. The number of carboxylic acids is 1. The second-order valence-electron chi connectivity index (χ2n) is 5.24. The summed E-state index contributed by atoms with van der Waals surface area (Å²) in [6.45, 7) is 3.57. The van der Waals surface area contributed by atoms with E-state index in [-0.39, 0.29) is 6.03 Å². The molecule has 1 aromatic carbocycles. The molecule has 1 aromatic heterocycles. The van der Waals surface area contributed by atoms with Crippen LogP contribution in [0.4, 0.5) is 9.80 Å². The van der Waals surface area contributed by atoms with E-state index in [1.54, 1.807) is 22.8 Å². The van der Waals surface area contributed by atoms with Crippen LogP contribution in [0.2, 0.25) is 0 Å². The van der Waals surface area contributed by atoms with Crippen molar-refractivity contribution in [3.05, 3.63) is 52.4 Å². The number of nitrogens with zero attached hydrogens (tertiary/aromatic N) is 2. The van der Waals surface area contributed by atoms with E-state index in [0.717, 1.165) is 16.9 Å². The maximum atomic E-state index is 12.5. The fourth-order valence-electron chi connectivity index (χ4n) is 2.55. The van der Waals surface area contributed by atoms with Crippen molar-refractivity contribution >= 4 is 28.3 Å². The third kappa shape index (κ3) is 2.69. The number of hydrogen-bond donors (Lipinski definition) is 1. The maximum absolute atomic E-state index is 12.5. The highest BCUT2D eigenvalue weighted by Crippen LogP contribution is 2.32. The Morgan fingerprint density at radius 3 is 2.64 bits per heavy atom. The summed E-state index contributed by atoms with van der Waals surface area (Å²) >= 11 is 1.16. The number of thiophene rings is 1. The van der Waals surface area contributed by atoms with Crippen molar-refractivity contribution in [2.45, 2.75) is 13.5 Å². The highest BCUT2D eigenvalue weighted by atomic mass is 32.1. The highest BCUT2D eigenvalue weighted by Gasteiger charge is 2.31. The lowest BCUT2D eigenvalue weighted by molar-refractivity contribution is 0.0701. The van der Waals surface area contributed by atoms with Gasteiger partial charge in [0.25, 0.3) is 0 Å². The van der Waals surface area contributed by atoms with E-state index in [2.05, 4.69) is 0 Å². The van der Waals surface area contributed by atoms with Gasteiger partial charge in [-0.2, -0.15) is 0 Å². The number of benzene rings is 1. The topological polar surface area (TPSA) is 60.9 Å². The molecular weight excluding hydrogens is 300 g/mol. The van der Waals surface area contributed by atoms with E-state index in [9.17, 15) is 9.59 Å². The number of carbonyl (C=O) groups excluding carboxylic acids is 1. The molecule has 6 heteroatoms. The summed E-state index contributed by atoms with van der Waals surface area (Å²) in [7, 11) is 0. The summed E-state index contributed by atoms with van der Waals surface area (Å²) in [5.41, 5.74) is 1.79. The average Bonchev–Trinajstić information content (AvgIpc) is 3.04. The SMILES string of the molecule is Cc1cc(N2CCN(Cc3ccccc3)C2=O)sc1C(=O)O. The van der Waals surface area contributed by atoms with E-state index >= 15 is 0 Å². The van der Waals surface area contributed by atoms with Gasteiger partial charge in [-0.3, -0.25) is 4.90 Å². The fourth-order valence-corrected chi connectivity index (χ4v) is 3.58. The van der Waals surface area contributed by atoms with Gasteiger partial charge in [0.1, 0.15) is 9.88 Å². The van der Waals surface area contributed by atoms with Crippen LogP contribution in [0.3, 0.4) is 0 Å². The molecule has 1 saturated heterocycles. The summed E-state index contributed by atoms with van der Waals surface area (Å²) in [6.07, 6.45) is 0. The number of anilines is 1. The molecule has 1 N–H and O–H groups in total. The monoisotopic (exact) mass is 316 g/mol. The van der Waals surface area contributed by atoms with Crippen LogP contribution in [0, 0.1) is 6.92 Å². The van der Waals surface area contributed by atoms with Crippen molar-refractivity contribution in [1.82, 2.24) is 4.90 Å². The molecule has 1 fully saturated rings. The van der Waals surface area contributed by atoms with E-state index in [1.807, 2.05) is 30.3 Å². The summed E-state index contributed by atoms with van der Waals surface area (Å²) in [4.78, 5) is 27.4. The first kappa shape index (κ1) is 14.6. The lowest BCUT2D eigenvalue weighted by Crippen LogP contribution is -2.30. The van der Waals surface area contributed by atoms with Gasteiger partial charge in [0, 0.05) is 19.6 Å². The highest BCUT2D eigenvalue weighted by molar-refractivity contribution is 7.18. The summed E-state index contributed by atoms with van der Waals surface area (Å²) in [5, 5.41) is 9.84. The first-order valence-corrected chi connectivity index (χ1v) is 7.82. The first-order chi connectivity index (χ1) is 10.6. The Labute approximate surface area is 132 Å². The van der Waals surface area contributed by atoms with Gasteiger partial charge < -0.3 is 10.0 Å². The number of aryl methyl sites for hydroxylation is 1. The van der Waals surface area contributed by atoms with Crippen molar-refractivity contribution in [1.29, 1.82) is 0 Å². The van der Waals surface area contributed by atoms with Gasteiger partial charge in [0.05, 0.1) is 0 Å². The Morgan fingerprint density at radius 2 is 2.00 bits per heavy atom. The summed E-state index contributed by atoms with van der Waals surface area (Å²) in [6, 6.07) is 11.6. The van der Waals surface area contributed by atoms with Crippen LogP contribution < -0.4 is 4.90 Å². The minimum atomic E-state index is -0.943. The molecule has 0 saturated carbocycles. The normalized spacial score (nSPS) is 14.7. The van der Waals surface area contributed by atoms with Crippen molar-refractivity contribution in [3.8, 4) is 0 Å². The van der Waals surface area contributed by atoms with Crippen LogP contribution in [0.1, 0.15) is 20.8 Å². The van der Waals surface area contributed by atoms with E-state index in [4.69, 9.17) is 5.11 Å². The van der Waals surface area contributed by atoms with Crippen LogP contribution >= 0.6 is 11.3 Å². The van der Waals surface area contributed by atoms with Gasteiger partial charge in [-0.25, -0.2) is 9.59 Å². The summed E-state index contributed by atoms with van der Waals surface area (Å²) < 4.78 is 0. The zero-order chi connectivity index (χ0) is 15.7. The van der Waals surface area contributed by atoms with Gasteiger partial charge in [0.15, 0.2) is 0 Å². The molecule has 3 rings (SSSR count). The van der Waals surface area contributed by atoms with Crippen molar-refractivity contribution < 1.29 is 14.7 Å². The predicted molar refractivity (Wildman–Crippen MR) is 85.6 cm³/mol. The molecule has 22 heavy (non-hydrogen) atoms. The second-order valence-corrected chi connectivity index (χ2v) is 6.27. The Bertz CT molecular complexity index is 711. The Hall–Kier alpha value is -2.34. The van der Waals surface area contributed by atoms with Crippen LogP contribution in [-0.4, -0.2) is 35.1 Å². The number of urea groups is 1. The van der Waals surface area contributed by atoms with Gasteiger partial charge in [-0.15, -0.1) is 11.3 Å². The summed E-state index contributed by atoms with van der Waals surface area (Å²) in [5.74, 6) is -0.943. The molecular formula is C16H16N2O3S. The molecule has 0 bridgehead atoms. The molecule has 0 unspecified atom stereocenters. The fraction of sp³-hybridized carbons (Fsp3) is 0.250. The van der Waals surface area contributed by atoms with Crippen LogP contribution in [0.15, 0.2) is 36.4 Å². The Morgan fingerprint density at radius 1 is 1.27 bits per heavy atom. The Balaban J connectivity index is 1.76. The van der Waals surface area contributed by atoms with Crippen molar-refractivity contribution in [2.24, 2.45) is 0 Å². The minimum Gasteiger partial charge on any atom is -0.477 e. The molecule has 2 heterocycles. The molecule has 2 amide bonds. The minimum absolute atomic E-state index is 0.0676. The molecule has 1 aliphatic heterocycles.